The molecule has 1 aliphatic heterocycles. The third kappa shape index (κ3) is 5.04. The van der Waals surface area contributed by atoms with Crippen LogP contribution >= 0.6 is 0 Å². The molecule has 0 atom stereocenters. The number of carbonyl (C=O) groups excluding carboxylic acids is 1. The zero-order chi connectivity index (χ0) is 18.4. The molecule has 2 heterocycles. The van der Waals surface area contributed by atoms with Crippen LogP contribution in [0.1, 0.15) is 42.7 Å². The van der Waals surface area contributed by atoms with Crippen molar-refractivity contribution in [3.63, 3.8) is 0 Å². The molecule has 5 nitrogen and oxygen atoms in total. The van der Waals surface area contributed by atoms with E-state index in [1.807, 2.05) is 11.0 Å². The largest absolute Gasteiger partial charge is 0.368 e. The van der Waals surface area contributed by atoms with Crippen LogP contribution in [-0.2, 0) is 6.42 Å². The number of hydrogen-bond acceptors (Lipinski definition) is 4. The maximum absolute atomic E-state index is 12.6. The first-order valence-corrected chi connectivity index (χ1v) is 9.52. The molecule has 0 saturated carbocycles. The van der Waals surface area contributed by atoms with Crippen LogP contribution in [0.4, 0.5) is 5.82 Å². The van der Waals surface area contributed by atoms with Gasteiger partial charge in [0.05, 0.1) is 0 Å². The average Bonchev–Trinajstić information content (AvgIpc) is 2.68. The minimum atomic E-state index is -0.00827. The van der Waals surface area contributed by atoms with Crippen molar-refractivity contribution in [2.45, 2.75) is 33.1 Å². The summed E-state index contributed by atoms with van der Waals surface area (Å²) in [5.74, 6) is 1.90. The molecule has 1 saturated heterocycles. The Morgan fingerprint density at radius 2 is 1.85 bits per heavy atom. The first kappa shape index (κ1) is 18.4. The molecule has 26 heavy (non-hydrogen) atoms. The molecule has 1 aromatic carbocycles. The number of nitrogens with zero attached hydrogens (tertiary/aromatic N) is 3. The van der Waals surface area contributed by atoms with E-state index in [1.54, 1.807) is 6.07 Å². The van der Waals surface area contributed by atoms with Crippen LogP contribution in [0.5, 0.6) is 0 Å². The highest BCUT2D eigenvalue weighted by Gasteiger charge is 2.24. The Kier molecular flexibility index (Phi) is 6.21. The minimum Gasteiger partial charge on any atom is -0.368 e. The summed E-state index contributed by atoms with van der Waals surface area (Å²) in [4.78, 5) is 14.6. The molecule has 1 amide bonds. The van der Waals surface area contributed by atoms with Crippen molar-refractivity contribution in [1.29, 1.82) is 0 Å². The third-order valence-electron chi connectivity index (χ3n) is 4.84. The quantitative estimate of drug-likeness (QED) is 0.862. The van der Waals surface area contributed by atoms with E-state index in [2.05, 4.69) is 59.7 Å². The van der Waals surface area contributed by atoms with Gasteiger partial charge in [-0.3, -0.25) is 4.79 Å². The Hall–Kier alpha value is -2.43. The summed E-state index contributed by atoms with van der Waals surface area (Å²) < 4.78 is 0. The SMILES string of the molecule is CC(C)CNc1ccc(C(=O)N2CCC(Cc3ccccc3)CC2)nn1. The third-order valence-corrected chi connectivity index (χ3v) is 4.84. The average molecular weight is 352 g/mol. The summed E-state index contributed by atoms with van der Waals surface area (Å²) in [5.41, 5.74) is 1.81. The molecule has 0 bridgehead atoms. The molecule has 0 unspecified atom stereocenters. The van der Waals surface area contributed by atoms with Gasteiger partial charge in [0.2, 0.25) is 0 Å². The molecule has 0 radical (unpaired) electrons. The zero-order valence-electron chi connectivity index (χ0n) is 15.7. The smallest absolute Gasteiger partial charge is 0.274 e. The maximum atomic E-state index is 12.6. The van der Waals surface area contributed by atoms with Crippen LogP contribution in [0.2, 0.25) is 0 Å². The summed E-state index contributed by atoms with van der Waals surface area (Å²) in [7, 11) is 0. The molecular formula is C21H28N4O. The first-order valence-electron chi connectivity index (χ1n) is 9.52. The lowest BCUT2D eigenvalue weighted by molar-refractivity contribution is 0.0683. The molecular weight excluding hydrogens is 324 g/mol. The van der Waals surface area contributed by atoms with Crippen LogP contribution in [0.3, 0.4) is 0 Å². The number of aromatic nitrogens is 2. The molecule has 1 aliphatic rings. The van der Waals surface area contributed by atoms with Crippen molar-refractivity contribution < 1.29 is 4.79 Å². The van der Waals surface area contributed by atoms with Crippen LogP contribution < -0.4 is 5.32 Å². The standard InChI is InChI=1S/C21H28N4O/c1-16(2)15-22-20-9-8-19(23-24-20)21(26)25-12-10-18(11-13-25)14-17-6-4-3-5-7-17/h3-9,16,18H,10-15H2,1-2H3,(H,22,24). The van der Waals surface area contributed by atoms with Crippen molar-refractivity contribution in [3.8, 4) is 0 Å². The maximum Gasteiger partial charge on any atom is 0.274 e. The molecule has 138 valence electrons. The van der Waals surface area contributed by atoms with E-state index >= 15 is 0 Å². The van der Waals surface area contributed by atoms with Crippen LogP contribution in [0.15, 0.2) is 42.5 Å². The van der Waals surface area contributed by atoms with Gasteiger partial charge in [0.25, 0.3) is 5.91 Å². The Bertz CT molecular complexity index is 692. The highest BCUT2D eigenvalue weighted by atomic mass is 16.2. The van der Waals surface area contributed by atoms with E-state index in [-0.39, 0.29) is 5.91 Å². The first-order chi connectivity index (χ1) is 12.6. The summed E-state index contributed by atoms with van der Waals surface area (Å²) in [6.07, 6.45) is 3.18. The van der Waals surface area contributed by atoms with E-state index in [1.165, 1.54) is 5.56 Å². The van der Waals surface area contributed by atoms with Gasteiger partial charge in [-0.15, -0.1) is 10.2 Å². The van der Waals surface area contributed by atoms with Gasteiger partial charge in [0, 0.05) is 19.6 Å². The lowest BCUT2D eigenvalue weighted by atomic mass is 9.90. The fourth-order valence-electron chi connectivity index (χ4n) is 3.30. The molecule has 5 heteroatoms. The van der Waals surface area contributed by atoms with Crippen LogP contribution in [0.25, 0.3) is 0 Å². The molecule has 1 N–H and O–H groups in total. The van der Waals surface area contributed by atoms with Gasteiger partial charge in [-0.2, -0.15) is 0 Å². The Morgan fingerprint density at radius 3 is 2.46 bits per heavy atom. The predicted octanol–water partition coefficient (Wildman–Crippen LogP) is 3.64. The Morgan fingerprint density at radius 1 is 1.12 bits per heavy atom. The number of anilines is 1. The second-order valence-electron chi connectivity index (χ2n) is 7.50. The Balaban J connectivity index is 1.50. The van der Waals surface area contributed by atoms with Crippen LogP contribution in [-0.4, -0.2) is 40.6 Å². The van der Waals surface area contributed by atoms with E-state index < -0.39 is 0 Å². The van der Waals surface area contributed by atoms with Crippen molar-refractivity contribution in [2.75, 3.05) is 25.0 Å². The fourth-order valence-corrected chi connectivity index (χ4v) is 3.30. The van der Waals surface area contributed by atoms with Crippen LogP contribution in [0, 0.1) is 11.8 Å². The summed E-state index contributed by atoms with van der Waals surface area (Å²) >= 11 is 0. The second kappa shape index (κ2) is 8.79. The number of likely N-dealkylation sites (tertiary alicyclic amines) is 1. The summed E-state index contributed by atoms with van der Waals surface area (Å²) in [6.45, 7) is 6.72. The molecule has 3 rings (SSSR count). The van der Waals surface area contributed by atoms with Crippen molar-refractivity contribution >= 4 is 11.7 Å². The van der Waals surface area contributed by atoms with Gasteiger partial charge in [-0.25, -0.2) is 0 Å². The predicted molar refractivity (Wildman–Crippen MR) is 104 cm³/mol. The molecule has 2 aromatic rings. The number of hydrogen-bond donors (Lipinski definition) is 1. The number of nitrogens with one attached hydrogen (secondary N) is 1. The van der Waals surface area contributed by atoms with E-state index in [9.17, 15) is 4.79 Å². The number of piperidine rings is 1. The lowest BCUT2D eigenvalue weighted by Gasteiger charge is -2.31. The van der Waals surface area contributed by atoms with Crippen molar-refractivity contribution in [2.24, 2.45) is 11.8 Å². The molecule has 1 aromatic heterocycles. The summed E-state index contributed by atoms with van der Waals surface area (Å²) in [5, 5.41) is 11.5. The number of carbonyl (C=O) groups is 1. The lowest BCUT2D eigenvalue weighted by Crippen LogP contribution is -2.39. The number of benzene rings is 1. The fraction of sp³-hybridized carbons (Fsp3) is 0.476. The van der Waals surface area contributed by atoms with Gasteiger partial charge in [-0.05, 0) is 48.8 Å². The van der Waals surface area contributed by atoms with Gasteiger partial charge in [0.15, 0.2) is 5.69 Å². The van der Waals surface area contributed by atoms with E-state index in [0.717, 1.165) is 44.7 Å². The monoisotopic (exact) mass is 352 g/mol. The van der Waals surface area contributed by atoms with Crippen molar-refractivity contribution in [3.05, 3.63) is 53.7 Å². The number of amides is 1. The second-order valence-corrected chi connectivity index (χ2v) is 7.50. The van der Waals surface area contributed by atoms with E-state index in [4.69, 9.17) is 0 Å². The Labute approximate surface area is 155 Å². The van der Waals surface area contributed by atoms with Crippen molar-refractivity contribution in [1.82, 2.24) is 15.1 Å². The van der Waals surface area contributed by atoms with Gasteiger partial charge < -0.3 is 10.2 Å². The minimum absolute atomic E-state index is 0.00827. The highest BCUT2D eigenvalue weighted by molar-refractivity contribution is 5.92. The highest BCUT2D eigenvalue weighted by Crippen LogP contribution is 2.22. The zero-order valence-corrected chi connectivity index (χ0v) is 15.7. The molecule has 0 spiro atoms. The molecule has 1 fully saturated rings. The number of rotatable bonds is 6. The van der Waals surface area contributed by atoms with E-state index in [0.29, 0.717) is 17.5 Å². The van der Waals surface area contributed by atoms with Gasteiger partial charge >= 0.3 is 0 Å². The van der Waals surface area contributed by atoms with Gasteiger partial charge in [0.1, 0.15) is 5.82 Å². The molecule has 0 aliphatic carbocycles. The van der Waals surface area contributed by atoms with Gasteiger partial charge in [-0.1, -0.05) is 44.2 Å². The topological polar surface area (TPSA) is 58.1 Å². The normalized spacial score (nSPS) is 15.3. The summed E-state index contributed by atoms with van der Waals surface area (Å²) in [6, 6.07) is 14.2.